The van der Waals surface area contributed by atoms with Gasteiger partial charge in [-0.1, -0.05) is 19.1 Å². The highest BCUT2D eigenvalue weighted by Gasteiger charge is 2.13. The average Bonchev–Trinajstić information content (AvgIpc) is 2.79. The van der Waals surface area contributed by atoms with Crippen molar-refractivity contribution in [1.82, 2.24) is 0 Å². The monoisotopic (exact) mass is 343 g/mol. The summed E-state index contributed by atoms with van der Waals surface area (Å²) in [5.41, 5.74) is 0. The van der Waals surface area contributed by atoms with Crippen molar-refractivity contribution in [1.29, 1.82) is 0 Å². The van der Waals surface area contributed by atoms with Gasteiger partial charge in [-0.15, -0.1) is 11.3 Å². The molecule has 2 aromatic rings. The van der Waals surface area contributed by atoms with Crippen LogP contribution in [0.2, 0.25) is 0 Å². The fourth-order valence-corrected chi connectivity index (χ4v) is 2.70. The Morgan fingerprint density at radius 2 is 2.19 bits per heavy atom. The third-order valence-electron chi connectivity index (χ3n) is 2.15. The molecular formula is C13H12IOS. The van der Waals surface area contributed by atoms with E-state index in [1.165, 1.54) is 8.45 Å². The van der Waals surface area contributed by atoms with Gasteiger partial charge in [0.1, 0.15) is 5.75 Å². The van der Waals surface area contributed by atoms with Crippen molar-refractivity contribution in [3.8, 4) is 5.75 Å². The summed E-state index contributed by atoms with van der Waals surface area (Å²) in [6, 6.07) is 12.3. The summed E-state index contributed by atoms with van der Waals surface area (Å²) in [6.45, 7) is 2.11. The van der Waals surface area contributed by atoms with E-state index in [0.717, 1.165) is 18.3 Å². The molecule has 0 saturated carbocycles. The molecule has 2 rings (SSSR count). The standard InChI is InChI=1S/C13H12IOS/c1-2-12(13-7-4-8-16-13)15-11-6-3-5-10(14)9-11/h3-9H,2H2,1H3. The molecule has 0 aliphatic heterocycles. The van der Waals surface area contributed by atoms with Crippen LogP contribution in [0.5, 0.6) is 5.75 Å². The van der Waals surface area contributed by atoms with E-state index >= 15 is 0 Å². The second kappa shape index (κ2) is 5.68. The summed E-state index contributed by atoms with van der Waals surface area (Å²) in [5.74, 6) is 0.914. The molecule has 0 spiro atoms. The highest BCUT2D eigenvalue weighted by atomic mass is 127. The average molecular weight is 343 g/mol. The van der Waals surface area contributed by atoms with Crippen molar-refractivity contribution in [3.05, 3.63) is 56.3 Å². The molecule has 1 heterocycles. The van der Waals surface area contributed by atoms with Crippen LogP contribution in [0.15, 0.2) is 41.8 Å². The Morgan fingerprint density at radius 1 is 1.31 bits per heavy atom. The topological polar surface area (TPSA) is 9.23 Å². The van der Waals surface area contributed by atoms with Crippen molar-refractivity contribution in [2.24, 2.45) is 0 Å². The van der Waals surface area contributed by atoms with Crippen LogP contribution in [0.3, 0.4) is 0 Å². The lowest BCUT2D eigenvalue weighted by Gasteiger charge is -2.14. The zero-order valence-corrected chi connectivity index (χ0v) is 11.9. The van der Waals surface area contributed by atoms with Crippen LogP contribution in [0.4, 0.5) is 0 Å². The van der Waals surface area contributed by atoms with Gasteiger partial charge in [-0.2, -0.15) is 0 Å². The van der Waals surface area contributed by atoms with Crippen LogP contribution in [-0.4, -0.2) is 0 Å². The third kappa shape index (κ3) is 2.98. The van der Waals surface area contributed by atoms with E-state index in [0.29, 0.717) is 0 Å². The molecule has 1 nitrogen and oxygen atoms in total. The van der Waals surface area contributed by atoms with Gasteiger partial charge < -0.3 is 4.74 Å². The van der Waals surface area contributed by atoms with Crippen LogP contribution < -0.4 is 4.74 Å². The first-order valence-electron chi connectivity index (χ1n) is 5.12. The molecule has 0 atom stereocenters. The number of ether oxygens (including phenoxy) is 1. The molecule has 1 aromatic carbocycles. The maximum absolute atomic E-state index is 5.91. The van der Waals surface area contributed by atoms with E-state index in [4.69, 9.17) is 4.74 Å². The Hall–Kier alpha value is -0.550. The molecule has 0 fully saturated rings. The molecule has 0 bridgehead atoms. The quantitative estimate of drug-likeness (QED) is 0.730. The van der Waals surface area contributed by atoms with Crippen molar-refractivity contribution < 1.29 is 4.74 Å². The number of thiophene rings is 1. The van der Waals surface area contributed by atoms with E-state index < -0.39 is 0 Å². The third-order valence-corrected chi connectivity index (χ3v) is 3.74. The van der Waals surface area contributed by atoms with Gasteiger partial charge in [-0.25, -0.2) is 0 Å². The Balaban J connectivity index is 2.13. The Morgan fingerprint density at radius 3 is 2.81 bits per heavy atom. The van der Waals surface area contributed by atoms with Crippen LogP contribution in [-0.2, 0) is 0 Å². The minimum atomic E-state index is 0.909. The van der Waals surface area contributed by atoms with Crippen molar-refractivity contribution >= 4 is 33.9 Å². The lowest BCUT2D eigenvalue weighted by Crippen LogP contribution is -2.05. The lowest BCUT2D eigenvalue weighted by molar-refractivity contribution is 0.342. The summed E-state index contributed by atoms with van der Waals surface area (Å²) < 4.78 is 7.10. The second-order valence-corrected chi connectivity index (χ2v) is 5.51. The summed E-state index contributed by atoms with van der Waals surface area (Å²) in [6.07, 6.45) is 1.95. The van der Waals surface area contributed by atoms with Crippen molar-refractivity contribution in [3.63, 3.8) is 0 Å². The second-order valence-electron chi connectivity index (χ2n) is 3.31. The molecule has 1 aromatic heterocycles. The maximum Gasteiger partial charge on any atom is 0.187 e. The molecule has 16 heavy (non-hydrogen) atoms. The van der Waals surface area contributed by atoms with E-state index in [2.05, 4.69) is 47.0 Å². The first kappa shape index (κ1) is 11.9. The van der Waals surface area contributed by atoms with Crippen LogP contribution in [0, 0.1) is 9.67 Å². The zero-order valence-electron chi connectivity index (χ0n) is 8.94. The molecule has 0 amide bonds. The van der Waals surface area contributed by atoms with E-state index in [1.807, 2.05) is 24.3 Å². The first-order valence-corrected chi connectivity index (χ1v) is 7.08. The fraction of sp³-hybridized carbons (Fsp3) is 0.154. The highest BCUT2D eigenvalue weighted by molar-refractivity contribution is 14.1. The molecule has 0 unspecified atom stereocenters. The predicted octanol–water partition coefficient (Wildman–Crippen LogP) is 4.72. The molecule has 0 aliphatic rings. The van der Waals surface area contributed by atoms with Crippen LogP contribution in [0.25, 0.3) is 0 Å². The van der Waals surface area contributed by atoms with E-state index in [9.17, 15) is 0 Å². The van der Waals surface area contributed by atoms with Gasteiger partial charge in [0.15, 0.2) is 6.10 Å². The Bertz CT molecular complexity index is 439. The van der Waals surface area contributed by atoms with Gasteiger partial charge in [-0.05, 0) is 58.7 Å². The van der Waals surface area contributed by atoms with Crippen molar-refractivity contribution in [2.45, 2.75) is 13.3 Å². The van der Waals surface area contributed by atoms with E-state index in [1.54, 1.807) is 11.3 Å². The normalized spacial score (nSPS) is 10.7. The Labute approximate surface area is 114 Å². The lowest BCUT2D eigenvalue weighted by atomic mass is 10.2. The van der Waals surface area contributed by atoms with Gasteiger partial charge >= 0.3 is 0 Å². The molecule has 0 saturated heterocycles. The predicted molar refractivity (Wildman–Crippen MR) is 76.7 cm³/mol. The minimum Gasteiger partial charge on any atom is -0.477 e. The summed E-state index contributed by atoms with van der Waals surface area (Å²) in [5, 5.41) is 2.07. The van der Waals surface area contributed by atoms with Crippen LogP contribution >= 0.6 is 33.9 Å². The van der Waals surface area contributed by atoms with Crippen molar-refractivity contribution in [2.75, 3.05) is 0 Å². The Kier molecular flexibility index (Phi) is 4.23. The van der Waals surface area contributed by atoms with Gasteiger partial charge in [0.25, 0.3) is 0 Å². The molecule has 0 N–H and O–H groups in total. The molecular weight excluding hydrogens is 331 g/mol. The first-order chi connectivity index (χ1) is 7.79. The molecule has 1 radical (unpaired) electrons. The maximum atomic E-state index is 5.91. The van der Waals surface area contributed by atoms with Gasteiger partial charge in [0.2, 0.25) is 0 Å². The number of halogens is 1. The number of rotatable bonds is 4. The largest absolute Gasteiger partial charge is 0.477 e. The minimum absolute atomic E-state index is 0.909. The molecule has 0 aliphatic carbocycles. The number of benzene rings is 1. The van der Waals surface area contributed by atoms with Gasteiger partial charge in [0, 0.05) is 3.57 Å². The smallest absolute Gasteiger partial charge is 0.187 e. The van der Waals surface area contributed by atoms with Gasteiger partial charge in [-0.3, -0.25) is 0 Å². The van der Waals surface area contributed by atoms with Crippen LogP contribution in [0.1, 0.15) is 18.2 Å². The highest BCUT2D eigenvalue weighted by Crippen LogP contribution is 2.27. The zero-order chi connectivity index (χ0) is 11.4. The fourth-order valence-electron chi connectivity index (χ4n) is 1.41. The summed E-state index contributed by atoms with van der Waals surface area (Å²) >= 11 is 4.01. The van der Waals surface area contributed by atoms with E-state index in [-0.39, 0.29) is 0 Å². The van der Waals surface area contributed by atoms with Gasteiger partial charge in [0.05, 0.1) is 4.88 Å². The summed E-state index contributed by atoms with van der Waals surface area (Å²) in [7, 11) is 0. The summed E-state index contributed by atoms with van der Waals surface area (Å²) in [4.78, 5) is 1.21. The molecule has 83 valence electrons. The number of hydrogen-bond acceptors (Lipinski definition) is 2. The SMILES string of the molecule is CC[C](Oc1cccc(I)c1)c1cccs1. The molecule has 3 heteroatoms. The number of hydrogen-bond donors (Lipinski definition) is 0.